The molecule has 0 spiro atoms. The molecule has 3 heterocycles. The van der Waals surface area contributed by atoms with Gasteiger partial charge in [0.2, 0.25) is 0 Å². The molecule has 2 N–H and O–H groups in total. The van der Waals surface area contributed by atoms with E-state index in [1.54, 1.807) is 37.8 Å². The first-order valence-corrected chi connectivity index (χ1v) is 9.42. The van der Waals surface area contributed by atoms with Crippen LogP contribution in [0.3, 0.4) is 0 Å². The quantitative estimate of drug-likeness (QED) is 0.700. The van der Waals surface area contributed by atoms with Gasteiger partial charge < -0.3 is 14.7 Å². The lowest BCUT2D eigenvalue weighted by atomic mass is 10.1. The van der Waals surface area contributed by atoms with E-state index in [4.69, 9.17) is 4.52 Å². The van der Waals surface area contributed by atoms with Gasteiger partial charge in [0.1, 0.15) is 17.1 Å². The van der Waals surface area contributed by atoms with Gasteiger partial charge in [-0.3, -0.25) is 14.7 Å². The fourth-order valence-electron chi connectivity index (χ4n) is 3.71. The highest BCUT2D eigenvalue weighted by Gasteiger charge is 2.40. The molecular weight excluding hydrogens is 372 g/mol. The average Bonchev–Trinajstić information content (AvgIpc) is 3.41. The number of H-pyrrole nitrogens is 1. The Morgan fingerprint density at radius 2 is 1.97 bits per heavy atom. The Bertz CT molecular complexity index is 1020. The molecule has 9 nitrogen and oxygen atoms in total. The maximum absolute atomic E-state index is 13.3. The Morgan fingerprint density at radius 1 is 1.21 bits per heavy atom. The Hall–Kier alpha value is -3.49. The van der Waals surface area contributed by atoms with Crippen LogP contribution in [0.4, 0.5) is 0 Å². The molecule has 0 radical (unpaired) electrons. The summed E-state index contributed by atoms with van der Waals surface area (Å²) in [6.07, 6.45) is 0.519. The SMILES string of the molecule is Cc1nc([C@@H]2C[C@H](NC(=O)c3ccccc3)CN2C(=O)c2c(C)noc2C)n[nH]1. The minimum Gasteiger partial charge on any atom is -0.361 e. The van der Waals surface area contributed by atoms with Crippen molar-refractivity contribution in [3.05, 3.63) is 64.6 Å². The number of likely N-dealkylation sites (tertiary alicyclic amines) is 1. The van der Waals surface area contributed by atoms with Crippen molar-refractivity contribution in [2.24, 2.45) is 0 Å². The first-order chi connectivity index (χ1) is 13.9. The molecule has 0 saturated carbocycles. The molecule has 1 aliphatic rings. The van der Waals surface area contributed by atoms with E-state index in [2.05, 4.69) is 25.7 Å². The van der Waals surface area contributed by atoms with E-state index in [0.29, 0.717) is 47.2 Å². The molecule has 1 aliphatic heterocycles. The topological polar surface area (TPSA) is 117 Å². The van der Waals surface area contributed by atoms with Crippen LogP contribution in [0.25, 0.3) is 0 Å². The highest BCUT2D eigenvalue weighted by Crippen LogP contribution is 2.33. The van der Waals surface area contributed by atoms with Gasteiger partial charge >= 0.3 is 0 Å². The Kier molecular flexibility index (Phi) is 4.87. The van der Waals surface area contributed by atoms with Gasteiger partial charge in [-0.25, -0.2) is 4.98 Å². The fraction of sp³-hybridized carbons (Fsp3) is 0.350. The number of carbonyl (C=O) groups is 2. The van der Waals surface area contributed by atoms with E-state index in [9.17, 15) is 9.59 Å². The summed E-state index contributed by atoms with van der Waals surface area (Å²) < 4.78 is 5.17. The number of hydrogen-bond donors (Lipinski definition) is 2. The summed E-state index contributed by atoms with van der Waals surface area (Å²) >= 11 is 0. The van der Waals surface area contributed by atoms with E-state index in [-0.39, 0.29) is 23.9 Å². The Morgan fingerprint density at radius 3 is 2.59 bits per heavy atom. The minimum atomic E-state index is -0.359. The fourth-order valence-corrected chi connectivity index (χ4v) is 3.71. The van der Waals surface area contributed by atoms with Crippen LogP contribution in [0.15, 0.2) is 34.9 Å². The summed E-state index contributed by atoms with van der Waals surface area (Å²) in [5, 5.41) is 14.0. The number of aromatic amines is 1. The van der Waals surface area contributed by atoms with Crippen molar-refractivity contribution in [1.29, 1.82) is 0 Å². The number of aromatic nitrogens is 4. The summed E-state index contributed by atoms with van der Waals surface area (Å²) in [5.74, 6) is 1.28. The van der Waals surface area contributed by atoms with Crippen molar-refractivity contribution in [3.63, 3.8) is 0 Å². The second-order valence-corrected chi connectivity index (χ2v) is 7.22. The Labute approximate surface area is 167 Å². The third kappa shape index (κ3) is 3.63. The maximum atomic E-state index is 13.3. The zero-order valence-electron chi connectivity index (χ0n) is 16.5. The number of aryl methyl sites for hydroxylation is 3. The molecule has 0 bridgehead atoms. The molecule has 1 saturated heterocycles. The Balaban J connectivity index is 1.60. The lowest BCUT2D eigenvalue weighted by Gasteiger charge is -2.22. The van der Waals surface area contributed by atoms with E-state index >= 15 is 0 Å². The third-order valence-electron chi connectivity index (χ3n) is 5.09. The maximum Gasteiger partial charge on any atom is 0.260 e. The summed E-state index contributed by atoms with van der Waals surface area (Å²) in [7, 11) is 0. The lowest BCUT2D eigenvalue weighted by molar-refractivity contribution is 0.0722. The predicted molar refractivity (Wildman–Crippen MR) is 103 cm³/mol. The van der Waals surface area contributed by atoms with Gasteiger partial charge in [0.25, 0.3) is 11.8 Å². The zero-order valence-corrected chi connectivity index (χ0v) is 16.5. The van der Waals surface area contributed by atoms with Crippen molar-refractivity contribution < 1.29 is 14.1 Å². The molecule has 4 rings (SSSR count). The van der Waals surface area contributed by atoms with Crippen LogP contribution >= 0.6 is 0 Å². The molecule has 0 unspecified atom stereocenters. The number of amides is 2. The van der Waals surface area contributed by atoms with Gasteiger partial charge in [0.15, 0.2) is 5.82 Å². The number of rotatable bonds is 4. The lowest BCUT2D eigenvalue weighted by Crippen LogP contribution is -2.39. The van der Waals surface area contributed by atoms with Crippen LogP contribution in [-0.2, 0) is 0 Å². The molecule has 2 atom stereocenters. The van der Waals surface area contributed by atoms with Gasteiger partial charge in [-0.15, -0.1) is 0 Å². The number of carbonyl (C=O) groups excluding carboxylic acids is 2. The minimum absolute atomic E-state index is 0.174. The van der Waals surface area contributed by atoms with Crippen LogP contribution in [0, 0.1) is 20.8 Å². The van der Waals surface area contributed by atoms with Crippen LogP contribution in [-0.4, -0.2) is 49.6 Å². The first-order valence-electron chi connectivity index (χ1n) is 9.42. The van der Waals surface area contributed by atoms with Crippen molar-refractivity contribution in [3.8, 4) is 0 Å². The first kappa shape index (κ1) is 18.9. The third-order valence-corrected chi connectivity index (χ3v) is 5.09. The number of nitrogens with one attached hydrogen (secondary N) is 2. The monoisotopic (exact) mass is 394 g/mol. The standard InChI is InChI=1S/C20H22N6O3/c1-11-17(12(2)29-25-11)20(28)26-10-15(9-16(26)18-21-13(3)23-24-18)22-19(27)14-7-5-4-6-8-14/h4-8,15-16H,9-10H2,1-3H3,(H,22,27)(H,21,23,24)/t15-,16-/m0/s1. The van der Waals surface area contributed by atoms with Gasteiger partial charge in [0, 0.05) is 18.2 Å². The molecule has 29 heavy (non-hydrogen) atoms. The number of hydrogen-bond acceptors (Lipinski definition) is 6. The van der Waals surface area contributed by atoms with E-state index in [1.165, 1.54) is 0 Å². The molecule has 0 aliphatic carbocycles. The van der Waals surface area contributed by atoms with Gasteiger partial charge in [-0.2, -0.15) is 5.10 Å². The largest absolute Gasteiger partial charge is 0.361 e. The molecule has 9 heteroatoms. The van der Waals surface area contributed by atoms with Crippen LogP contribution in [0.2, 0.25) is 0 Å². The van der Waals surface area contributed by atoms with E-state index in [0.717, 1.165) is 0 Å². The van der Waals surface area contributed by atoms with Crippen molar-refractivity contribution >= 4 is 11.8 Å². The molecule has 3 aromatic rings. The second kappa shape index (κ2) is 7.50. The molecule has 1 fully saturated rings. The molecule has 150 valence electrons. The van der Waals surface area contributed by atoms with Crippen LogP contribution < -0.4 is 5.32 Å². The van der Waals surface area contributed by atoms with Gasteiger partial charge in [-0.05, 0) is 39.3 Å². The second-order valence-electron chi connectivity index (χ2n) is 7.22. The van der Waals surface area contributed by atoms with Crippen LogP contribution in [0.1, 0.15) is 56.3 Å². The smallest absolute Gasteiger partial charge is 0.260 e. The molecule has 2 aromatic heterocycles. The van der Waals surface area contributed by atoms with Gasteiger partial charge in [0.05, 0.1) is 11.7 Å². The predicted octanol–water partition coefficient (Wildman–Crippen LogP) is 2.10. The number of benzene rings is 1. The van der Waals surface area contributed by atoms with E-state index in [1.807, 2.05) is 18.2 Å². The summed E-state index contributed by atoms with van der Waals surface area (Å²) in [6.45, 7) is 5.60. The van der Waals surface area contributed by atoms with Crippen molar-refractivity contribution in [1.82, 2.24) is 30.6 Å². The normalized spacial score (nSPS) is 18.8. The highest BCUT2D eigenvalue weighted by atomic mass is 16.5. The summed E-state index contributed by atoms with van der Waals surface area (Å²) in [5.41, 5.74) is 1.56. The summed E-state index contributed by atoms with van der Waals surface area (Å²) in [6, 6.07) is 8.42. The van der Waals surface area contributed by atoms with E-state index < -0.39 is 0 Å². The summed E-state index contributed by atoms with van der Waals surface area (Å²) in [4.78, 5) is 32.0. The number of nitrogens with zero attached hydrogens (tertiary/aromatic N) is 4. The van der Waals surface area contributed by atoms with Crippen molar-refractivity contribution in [2.45, 2.75) is 39.3 Å². The molecule has 1 aromatic carbocycles. The van der Waals surface area contributed by atoms with Gasteiger partial charge in [-0.1, -0.05) is 23.4 Å². The highest BCUT2D eigenvalue weighted by molar-refractivity contribution is 5.97. The average molecular weight is 394 g/mol. The molecular formula is C20H22N6O3. The van der Waals surface area contributed by atoms with Crippen molar-refractivity contribution in [2.75, 3.05) is 6.54 Å². The zero-order chi connectivity index (χ0) is 20.5. The molecule has 2 amide bonds. The van der Waals surface area contributed by atoms with Crippen LogP contribution in [0.5, 0.6) is 0 Å².